The van der Waals surface area contributed by atoms with Gasteiger partial charge in [-0.3, -0.25) is 0 Å². The molecule has 0 aliphatic rings. The minimum absolute atomic E-state index is 0.344. The van der Waals surface area contributed by atoms with Crippen LogP contribution in [0.4, 0.5) is 0 Å². The van der Waals surface area contributed by atoms with Gasteiger partial charge in [0, 0.05) is 28.4 Å². The Morgan fingerprint density at radius 2 is 1.88 bits per heavy atom. The maximum Gasteiger partial charge on any atom is 0.330 e. The number of carbonyl (C=O) groups excluding carboxylic acids is 1. The zero-order chi connectivity index (χ0) is 17.6. The Hall–Kier alpha value is -2.85. The number of esters is 1. The molecular weight excluding hydrogens is 336 g/mol. The van der Waals surface area contributed by atoms with E-state index >= 15 is 0 Å². The van der Waals surface area contributed by atoms with Crippen molar-refractivity contribution in [1.29, 1.82) is 0 Å². The predicted octanol–water partition coefficient (Wildman–Crippen LogP) is 4.77. The highest BCUT2D eigenvalue weighted by Gasteiger charge is 2.11. The van der Waals surface area contributed by atoms with Crippen LogP contribution in [0.2, 0.25) is 5.02 Å². The second kappa shape index (κ2) is 7.81. The van der Waals surface area contributed by atoms with Gasteiger partial charge in [0.2, 0.25) is 0 Å². The molecule has 0 N–H and O–H groups in total. The van der Waals surface area contributed by atoms with Crippen LogP contribution in [0.25, 0.3) is 23.0 Å². The first-order chi connectivity index (χ1) is 12.2. The largest absolute Gasteiger partial charge is 0.463 e. The normalized spacial score (nSPS) is 11.0. The molecule has 0 radical (unpaired) electrons. The Kier molecular flexibility index (Phi) is 5.31. The van der Waals surface area contributed by atoms with Gasteiger partial charge in [0.1, 0.15) is 0 Å². The van der Waals surface area contributed by atoms with Crippen LogP contribution in [0, 0.1) is 0 Å². The lowest BCUT2D eigenvalue weighted by Gasteiger charge is -2.00. The van der Waals surface area contributed by atoms with E-state index in [2.05, 4.69) is 5.10 Å². The lowest BCUT2D eigenvalue weighted by molar-refractivity contribution is -0.137. The summed E-state index contributed by atoms with van der Waals surface area (Å²) in [6.45, 7) is 2.12. The van der Waals surface area contributed by atoms with Crippen LogP contribution in [-0.4, -0.2) is 22.4 Å². The monoisotopic (exact) mass is 352 g/mol. The third kappa shape index (κ3) is 4.17. The molecule has 0 fully saturated rings. The number of carbonyl (C=O) groups is 1. The van der Waals surface area contributed by atoms with E-state index in [1.807, 2.05) is 60.8 Å². The summed E-state index contributed by atoms with van der Waals surface area (Å²) < 4.78 is 6.73. The smallest absolute Gasteiger partial charge is 0.330 e. The van der Waals surface area contributed by atoms with E-state index in [-0.39, 0.29) is 5.97 Å². The molecule has 3 aromatic rings. The highest BCUT2D eigenvalue weighted by Crippen LogP contribution is 2.26. The molecule has 4 nitrogen and oxygen atoms in total. The van der Waals surface area contributed by atoms with Crippen molar-refractivity contribution in [2.24, 2.45) is 0 Å². The zero-order valence-corrected chi connectivity index (χ0v) is 14.5. The molecule has 0 saturated carbocycles. The molecule has 5 heteroatoms. The van der Waals surface area contributed by atoms with Crippen LogP contribution in [0.3, 0.4) is 0 Å². The highest BCUT2D eigenvalue weighted by atomic mass is 35.5. The third-order valence-corrected chi connectivity index (χ3v) is 3.82. The summed E-state index contributed by atoms with van der Waals surface area (Å²) in [6, 6.07) is 17.2. The molecule has 2 aromatic carbocycles. The Balaban J connectivity index is 2.03. The Morgan fingerprint density at radius 1 is 1.16 bits per heavy atom. The molecule has 0 aliphatic heterocycles. The first kappa shape index (κ1) is 17.0. The summed E-state index contributed by atoms with van der Waals surface area (Å²) in [5, 5.41) is 5.34. The van der Waals surface area contributed by atoms with Crippen LogP contribution >= 0.6 is 11.6 Å². The predicted molar refractivity (Wildman–Crippen MR) is 99.7 cm³/mol. The SMILES string of the molecule is CCOC(=O)/C=C\c1cn(-c2ccccc2)nc1-c1ccc(Cl)cc1. The van der Waals surface area contributed by atoms with Crippen LogP contribution in [-0.2, 0) is 9.53 Å². The quantitative estimate of drug-likeness (QED) is 0.490. The molecule has 0 saturated heterocycles. The third-order valence-electron chi connectivity index (χ3n) is 3.57. The first-order valence-corrected chi connectivity index (χ1v) is 8.31. The van der Waals surface area contributed by atoms with Crippen LogP contribution in [0.15, 0.2) is 66.9 Å². The van der Waals surface area contributed by atoms with Crippen molar-refractivity contribution in [3.63, 3.8) is 0 Å². The molecule has 0 amide bonds. The molecule has 0 atom stereocenters. The van der Waals surface area contributed by atoms with Gasteiger partial charge >= 0.3 is 5.97 Å². The van der Waals surface area contributed by atoms with Gasteiger partial charge in [-0.25, -0.2) is 9.48 Å². The molecule has 126 valence electrons. The number of aromatic nitrogens is 2. The van der Waals surface area contributed by atoms with Gasteiger partial charge in [-0.05, 0) is 37.3 Å². The van der Waals surface area contributed by atoms with Gasteiger partial charge in [0.25, 0.3) is 0 Å². The standard InChI is InChI=1S/C20H17ClN2O2/c1-2-25-19(24)13-10-16-14-23(18-6-4-3-5-7-18)22-20(16)15-8-11-17(21)12-9-15/h3-14H,2H2,1H3/b13-10-. The fourth-order valence-electron chi connectivity index (χ4n) is 2.40. The van der Waals surface area contributed by atoms with Gasteiger partial charge in [0.05, 0.1) is 18.0 Å². The topological polar surface area (TPSA) is 44.1 Å². The second-order valence-corrected chi connectivity index (χ2v) is 5.74. The lowest BCUT2D eigenvalue weighted by Crippen LogP contribution is -1.98. The van der Waals surface area contributed by atoms with E-state index in [0.29, 0.717) is 11.6 Å². The molecular formula is C20H17ClN2O2. The number of para-hydroxylation sites is 1. The van der Waals surface area contributed by atoms with E-state index in [1.54, 1.807) is 17.7 Å². The van der Waals surface area contributed by atoms with E-state index in [9.17, 15) is 4.79 Å². The molecule has 3 rings (SSSR count). The molecule has 0 spiro atoms. The summed E-state index contributed by atoms with van der Waals surface area (Å²) in [7, 11) is 0. The van der Waals surface area contributed by atoms with E-state index < -0.39 is 0 Å². The van der Waals surface area contributed by atoms with Gasteiger partial charge in [-0.15, -0.1) is 0 Å². The fourth-order valence-corrected chi connectivity index (χ4v) is 2.53. The number of nitrogens with zero attached hydrogens (tertiary/aromatic N) is 2. The molecule has 0 aliphatic carbocycles. The van der Waals surface area contributed by atoms with E-state index in [4.69, 9.17) is 16.3 Å². The Labute approximate surface area is 151 Å². The number of benzene rings is 2. The van der Waals surface area contributed by atoms with Gasteiger partial charge in [-0.1, -0.05) is 41.9 Å². The van der Waals surface area contributed by atoms with Gasteiger partial charge in [-0.2, -0.15) is 5.10 Å². The number of rotatable bonds is 5. The Morgan fingerprint density at radius 3 is 2.56 bits per heavy atom. The van der Waals surface area contributed by atoms with Crippen molar-refractivity contribution >= 4 is 23.6 Å². The summed E-state index contributed by atoms with van der Waals surface area (Å²) >= 11 is 5.98. The summed E-state index contributed by atoms with van der Waals surface area (Å²) in [5.41, 5.74) is 3.44. The number of halogens is 1. The molecule has 25 heavy (non-hydrogen) atoms. The average molecular weight is 353 g/mol. The van der Waals surface area contributed by atoms with E-state index in [0.717, 1.165) is 22.5 Å². The van der Waals surface area contributed by atoms with Crippen molar-refractivity contribution in [3.05, 3.63) is 77.5 Å². The summed E-state index contributed by atoms with van der Waals surface area (Å²) in [4.78, 5) is 11.6. The minimum Gasteiger partial charge on any atom is -0.463 e. The van der Waals surface area contributed by atoms with E-state index in [1.165, 1.54) is 6.08 Å². The summed E-state index contributed by atoms with van der Waals surface area (Å²) in [5.74, 6) is -0.378. The summed E-state index contributed by atoms with van der Waals surface area (Å²) in [6.07, 6.45) is 5.01. The fraction of sp³-hybridized carbons (Fsp3) is 0.100. The van der Waals surface area contributed by atoms with Crippen molar-refractivity contribution in [2.45, 2.75) is 6.92 Å². The molecule has 1 heterocycles. The highest BCUT2D eigenvalue weighted by molar-refractivity contribution is 6.30. The zero-order valence-electron chi connectivity index (χ0n) is 13.7. The van der Waals surface area contributed by atoms with Gasteiger partial charge < -0.3 is 4.74 Å². The van der Waals surface area contributed by atoms with Crippen LogP contribution in [0.5, 0.6) is 0 Å². The number of hydrogen-bond donors (Lipinski definition) is 0. The molecule has 1 aromatic heterocycles. The van der Waals surface area contributed by atoms with Crippen LogP contribution in [0.1, 0.15) is 12.5 Å². The van der Waals surface area contributed by atoms with Crippen molar-refractivity contribution < 1.29 is 9.53 Å². The first-order valence-electron chi connectivity index (χ1n) is 7.93. The lowest BCUT2D eigenvalue weighted by atomic mass is 10.1. The Bertz CT molecular complexity index is 884. The molecule has 0 unspecified atom stereocenters. The van der Waals surface area contributed by atoms with Crippen LogP contribution < -0.4 is 0 Å². The minimum atomic E-state index is -0.378. The van der Waals surface area contributed by atoms with Gasteiger partial charge in [0.15, 0.2) is 0 Å². The van der Waals surface area contributed by atoms with Crippen molar-refractivity contribution in [2.75, 3.05) is 6.61 Å². The molecule has 0 bridgehead atoms. The number of ether oxygens (including phenoxy) is 1. The average Bonchev–Trinajstić information content (AvgIpc) is 3.06. The second-order valence-electron chi connectivity index (χ2n) is 5.31. The number of hydrogen-bond acceptors (Lipinski definition) is 3. The maximum absolute atomic E-state index is 11.6. The van der Waals surface area contributed by atoms with Crippen molar-refractivity contribution in [1.82, 2.24) is 9.78 Å². The van der Waals surface area contributed by atoms with Crippen molar-refractivity contribution in [3.8, 4) is 16.9 Å². The maximum atomic E-state index is 11.6.